The maximum absolute atomic E-state index is 12.4. The summed E-state index contributed by atoms with van der Waals surface area (Å²) in [7, 11) is 0. The van der Waals surface area contributed by atoms with E-state index in [1.165, 1.54) is 12.3 Å². The third-order valence-electron chi connectivity index (χ3n) is 3.87. The Labute approximate surface area is 149 Å². The van der Waals surface area contributed by atoms with Crippen LogP contribution in [0.4, 0.5) is 5.00 Å². The summed E-state index contributed by atoms with van der Waals surface area (Å²) in [4.78, 5) is 36.1. The van der Waals surface area contributed by atoms with Crippen molar-refractivity contribution in [3.05, 3.63) is 40.7 Å². The summed E-state index contributed by atoms with van der Waals surface area (Å²) in [6.45, 7) is 5.37. The van der Waals surface area contributed by atoms with Crippen molar-refractivity contribution >= 4 is 34.1 Å². The van der Waals surface area contributed by atoms with Crippen molar-refractivity contribution in [2.75, 3.05) is 5.32 Å². The third kappa shape index (κ3) is 4.48. The number of rotatable bonds is 7. The molecule has 7 nitrogen and oxygen atoms in total. The van der Waals surface area contributed by atoms with Gasteiger partial charge in [0.2, 0.25) is 0 Å². The first-order valence-electron chi connectivity index (χ1n) is 7.82. The largest absolute Gasteiger partial charge is 0.480 e. The summed E-state index contributed by atoms with van der Waals surface area (Å²) < 4.78 is 5.02. The van der Waals surface area contributed by atoms with Crippen LogP contribution in [0.1, 0.15) is 46.1 Å². The van der Waals surface area contributed by atoms with Gasteiger partial charge in [-0.1, -0.05) is 20.3 Å². The molecule has 2 unspecified atom stereocenters. The highest BCUT2D eigenvalue weighted by molar-refractivity contribution is 7.18. The Morgan fingerprint density at radius 1 is 1.32 bits per heavy atom. The van der Waals surface area contributed by atoms with E-state index in [0.29, 0.717) is 21.9 Å². The Bertz CT molecular complexity index is 766. The fourth-order valence-electron chi connectivity index (χ4n) is 2.24. The van der Waals surface area contributed by atoms with E-state index in [1.807, 2.05) is 6.92 Å². The molecule has 134 valence electrons. The molecule has 2 aromatic heterocycles. The van der Waals surface area contributed by atoms with Crippen LogP contribution in [-0.4, -0.2) is 28.9 Å². The predicted molar refractivity (Wildman–Crippen MR) is 94.1 cm³/mol. The number of carboxylic acids is 1. The molecular weight excluding hydrogens is 344 g/mol. The van der Waals surface area contributed by atoms with Gasteiger partial charge in [0.1, 0.15) is 6.04 Å². The van der Waals surface area contributed by atoms with E-state index in [2.05, 4.69) is 10.6 Å². The van der Waals surface area contributed by atoms with Crippen LogP contribution in [0.2, 0.25) is 0 Å². The van der Waals surface area contributed by atoms with Crippen molar-refractivity contribution in [2.45, 2.75) is 33.2 Å². The smallest absolute Gasteiger partial charge is 0.326 e. The number of aryl methyl sites for hydroxylation is 1. The average Bonchev–Trinajstić information content (AvgIpc) is 3.21. The quantitative estimate of drug-likeness (QED) is 0.699. The van der Waals surface area contributed by atoms with Crippen LogP contribution in [0.25, 0.3) is 0 Å². The average molecular weight is 364 g/mol. The van der Waals surface area contributed by atoms with Gasteiger partial charge in [-0.05, 0) is 36.6 Å². The number of carboxylic acid groups (broad SMARTS) is 1. The van der Waals surface area contributed by atoms with Crippen LogP contribution >= 0.6 is 11.3 Å². The predicted octanol–water partition coefficient (Wildman–Crippen LogP) is 3.13. The summed E-state index contributed by atoms with van der Waals surface area (Å²) in [5.41, 5.74) is 0.658. The normalized spacial score (nSPS) is 13.1. The number of aliphatic carboxylic acids is 1. The minimum Gasteiger partial charge on any atom is -0.480 e. The third-order valence-corrected chi connectivity index (χ3v) is 5.02. The molecule has 2 atom stereocenters. The summed E-state index contributed by atoms with van der Waals surface area (Å²) in [5, 5.41) is 15.0. The highest BCUT2D eigenvalue weighted by Crippen LogP contribution is 2.27. The van der Waals surface area contributed by atoms with Gasteiger partial charge < -0.3 is 20.2 Å². The van der Waals surface area contributed by atoms with E-state index in [9.17, 15) is 19.5 Å². The molecule has 0 saturated carbocycles. The molecule has 0 saturated heterocycles. The van der Waals surface area contributed by atoms with Crippen molar-refractivity contribution < 1.29 is 23.9 Å². The number of thiophene rings is 1. The second-order valence-electron chi connectivity index (χ2n) is 5.73. The number of hydrogen-bond donors (Lipinski definition) is 3. The lowest BCUT2D eigenvalue weighted by molar-refractivity contribution is -0.140. The van der Waals surface area contributed by atoms with Crippen molar-refractivity contribution in [2.24, 2.45) is 5.92 Å². The zero-order valence-corrected chi connectivity index (χ0v) is 15.0. The van der Waals surface area contributed by atoms with E-state index < -0.39 is 23.8 Å². The van der Waals surface area contributed by atoms with Gasteiger partial charge in [-0.15, -0.1) is 11.3 Å². The molecule has 0 bridgehead atoms. The topological polar surface area (TPSA) is 109 Å². The molecule has 0 radical (unpaired) electrons. The molecule has 25 heavy (non-hydrogen) atoms. The van der Waals surface area contributed by atoms with Gasteiger partial charge in [0.05, 0.1) is 16.1 Å². The van der Waals surface area contributed by atoms with E-state index in [1.54, 1.807) is 26.0 Å². The van der Waals surface area contributed by atoms with Gasteiger partial charge >= 0.3 is 5.97 Å². The second kappa shape index (κ2) is 7.98. The fraction of sp³-hybridized carbons (Fsp3) is 0.353. The molecule has 2 rings (SSSR count). The minimum atomic E-state index is -1.07. The lowest BCUT2D eigenvalue weighted by Crippen LogP contribution is -2.44. The molecule has 3 N–H and O–H groups in total. The van der Waals surface area contributed by atoms with Gasteiger partial charge in [0.15, 0.2) is 5.76 Å². The zero-order valence-electron chi connectivity index (χ0n) is 14.2. The van der Waals surface area contributed by atoms with Gasteiger partial charge in [-0.2, -0.15) is 0 Å². The Balaban J connectivity index is 2.11. The number of anilines is 1. The first-order valence-corrected chi connectivity index (χ1v) is 8.64. The van der Waals surface area contributed by atoms with Gasteiger partial charge in [0.25, 0.3) is 11.8 Å². The molecule has 2 aromatic rings. The number of carbonyl (C=O) groups is 3. The maximum Gasteiger partial charge on any atom is 0.326 e. The highest BCUT2D eigenvalue weighted by atomic mass is 32.1. The molecule has 0 aliphatic rings. The second-order valence-corrected chi connectivity index (χ2v) is 6.78. The Morgan fingerprint density at radius 2 is 2.04 bits per heavy atom. The maximum atomic E-state index is 12.4. The molecule has 2 heterocycles. The van der Waals surface area contributed by atoms with Crippen LogP contribution in [0.3, 0.4) is 0 Å². The first-order chi connectivity index (χ1) is 11.8. The molecule has 0 aromatic carbocycles. The van der Waals surface area contributed by atoms with Crippen LogP contribution in [-0.2, 0) is 4.79 Å². The van der Waals surface area contributed by atoms with Crippen molar-refractivity contribution in [1.29, 1.82) is 0 Å². The summed E-state index contributed by atoms with van der Waals surface area (Å²) in [6, 6.07) is 3.85. The van der Waals surface area contributed by atoms with E-state index in [4.69, 9.17) is 4.42 Å². The molecule has 0 aliphatic heterocycles. The Hall–Kier alpha value is -2.61. The highest BCUT2D eigenvalue weighted by Gasteiger charge is 2.27. The standard InChI is InChI=1S/C17H20N2O5S/c1-4-9(2)13(17(22)23)19-16(21)14-10(3)8-12(25-14)18-15(20)11-6-5-7-24-11/h5-9,13H,4H2,1-3H3,(H,18,20)(H,19,21)(H,22,23). The molecule has 0 spiro atoms. The van der Waals surface area contributed by atoms with Crippen LogP contribution < -0.4 is 10.6 Å². The lowest BCUT2D eigenvalue weighted by Gasteiger charge is -2.19. The van der Waals surface area contributed by atoms with Gasteiger partial charge in [-0.25, -0.2) is 4.79 Å². The molecule has 8 heteroatoms. The van der Waals surface area contributed by atoms with Crippen molar-refractivity contribution in [1.82, 2.24) is 5.32 Å². The number of nitrogens with one attached hydrogen (secondary N) is 2. The monoisotopic (exact) mass is 364 g/mol. The number of hydrogen-bond acceptors (Lipinski definition) is 5. The Kier molecular flexibility index (Phi) is 5.97. The number of furan rings is 1. The van der Waals surface area contributed by atoms with Crippen molar-refractivity contribution in [3.63, 3.8) is 0 Å². The van der Waals surface area contributed by atoms with Crippen LogP contribution in [0.5, 0.6) is 0 Å². The summed E-state index contributed by atoms with van der Waals surface area (Å²) >= 11 is 1.09. The summed E-state index contributed by atoms with van der Waals surface area (Å²) in [5.74, 6) is -1.97. The number of amides is 2. The molecule has 0 fully saturated rings. The zero-order chi connectivity index (χ0) is 18.6. The SMILES string of the molecule is CCC(C)C(NC(=O)c1sc(NC(=O)c2ccco2)cc1C)C(=O)O. The van der Waals surface area contributed by atoms with Crippen LogP contribution in [0.15, 0.2) is 28.9 Å². The van der Waals surface area contributed by atoms with Gasteiger partial charge in [0, 0.05) is 0 Å². The number of carbonyl (C=O) groups excluding carboxylic acids is 2. The Morgan fingerprint density at radius 3 is 2.60 bits per heavy atom. The molecular formula is C17H20N2O5S. The van der Waals surface area contributed by atoms with Crippen LogP contribution in [0, 0.1) is 12.8 Å². The fourth-order valence-corrected chi connectivity index (χ4v) is 3.21. The lowest BCUT2D eigenvalue weighted by atomic mass is 9.99. The summed E-state index contributed by atoms with van der Waals surface area (Å²) in [6.07, 6.45) is 2.03. The van der Waals surface area contributed by atoms with Crippen molar-refractivity contribution in [3.8, 4) is 0 Å². The first kappa shape index (κ1) is 18.7. The van der Waals surface area contributed by atoms with E-state index >= 15 is 0 Å². The van der Waals surface area contributed by atoms with E-state index in [0.717, 1.165) is 11.3 Å². The molecule has 2 amide bonds. The van der Waals surface area contributed by atoms with E-state index in [-0.39, 0.29) is 11.7 Å². The van der Waals surface area contributed by atoms with Gasteiger partial charge in [-0.3, -0.25) is 9.59 Å². The minimum absolute atomic E-state index is 0.166. The molecule has 0 aliphatic carbocycles.